The Morgan fingerprint density at radius 2 is 1.83 bits per heavy atom. The van der Waals surface area contributed by atoms with Gasteiger partial charge < -0.3 is 24.2 Å². The molecule has 8 nitrogen and oxygen atoms in total. The third-order valence-electron chi connectivity index (χ3n) is 8.30. The molecule has 5 unspecified atom stereocenters. The van der Waals surface area contributed by atoms with E-state index in [-0.39, 0.29) is 35.2 Å². The number of morpholine rings is 1. The van der Waals surface area contributed by atoms with Gasteiger partial charge in [-0.05, 0) is 48.8 Å². The highest BCUT2D eigenvalue weighted by atomic mass is 16.5. The Labute approximate surface area is 206 Å². The summed E-state index contributed by atoms with van der Waals surface area (Å²) in [6.45, 7) is 9.00. The van der Waals surface area contributed by atoms with Gasteiger partial charge in [-0.15, -0.1) is 0 Å². The molecule has 4 aliphatic rings. The third-order valence-corrected chi connectivity index (χ3v) is 8.30. The van der Waals surface area contributed by atoms with E-state index in [2.05, 4.69) is 18.7 Å². The van der Waals surface area contributed by atoms with Gasteiger partial charge in [-0.1, -0.05) is 19.9 Å². The summed E-state index contributed by atoms with van der Waals surface area (Å²) in [6.07, 6.45) is 2.11. The number of ketones is 1. The average Bonchev–Trinajstić information content (AvgIpc) is 3.13. The first-order valence-electron chi connectivity index (χ1n) is 12.8. The van der Waals surface area contributed by atoms with Gasteiger partial charge in [-0.3, -0.25) is 14.5 Å². The van der Waals surface area contributed by atoms with E-state index in [1.54, 1.807) is 23.1 Å². The van der Waals surface area contributed by atoms with E-state index < -0.39 is 6.04 Å². The fourth-order valence-electron chi connectivity index (χ4n) is 6.04. The average molecular weight is 485 g/mol. The molecule has 1 N–H and O–H groups in total. The minimum absolute atomic E-state index is 0.0232. The second kappa shape index (κ2) is 9.82. The summed E-state index contributed by atoms with van der Waals surface area (Å²) in [4.78, 5) is 31.7. The zero-order chi connectivity index (χ0) is 24.7. The van der Waals surface area contributed by atoms with Gasteiger partial charge in [0.05, 0.1) is 37.9 Å². The Morgan fingerprint density at radius 3 is 2.57 bits per heavy atom. The Morgan fingerprint density at radius 1 is 1.09 bits per heavy atom. The Kier molecular flexibility index (Phi) is 6.77. The van der Waals surface area contributed by atoms with E-state index >= 15 is 0 Å². The molecule has 0 bridgehead atoms. The third kappa shape index (κ3) is 4.42. The zero-order valence-corrected chi connectivity index (χ0v) is 20.9. The normalized spacial score (nSPS) is 31.3. The maximum atomic E-state index is 13.9. The van der Waals surface area contributed by atoms with Gasteiger partial charge in [-0.2, -0.15) is 0 Å². The van der Waals surface area contributed by atoms with Crippen molar-refractivity contribution in [2.24, 2.45) is 17.8 Å². The molecule has 2 fully saturated rings. The predicted octanol–water partition coefficient (Wildman–Crippen LogP) is 2.91. The number of hydrogen-bond donors (Lipinski definition) is 1. The van der Waals surface area contributed by atoms with Gasteiger partial charge in [-0.25, -0.2) is 0 Å². The number of carbonyl (C=O) groups is 2. The van der Waals surface area contributed by atoms with Crippen LogP contribution in [0, 0.1) is 17.8 Å². The fraction of sp³-hybridized carbons (Fsp3) is 0.630. The highest BCUT2D eigenvalue weighted by molar-refractivity contribution is 6.11. The number of phenols is 1. The molecule has 3 heterocycles. The number of ether oxygens (including phenoxy) is 3. The molecule has 1 aromatic carbocycles. The largest absolute Gasteiger partial charge is 0.504 e. The number of carbonyl (C=O) groups excluding carboxylic acids is 2. The van der Waals surface area contributed by atoms with Crippen LogP contribution in [0.5, 0.6) is 11.5 Å². The summed E-state index contributed by atoms with van der Waals surface area (Å²) in [5, 5.41) is 10.1. The second-order valence-electron chi connectivity index (χ2n) is 10.4. The van der Waals surface area contributed by atoms with Crippen LogP contribution >= 0.6 is 0 Å². The first kappa shape index (κ1) is 24.1. The van der Waals surface area contributed by atoms with Crippen LogP contribution in [-0.4, -0.2) is 79.2 Å². The topological polar surface area (TPSA) is 88.5 Å². The number of methoxy groups -OCH3 is 1. The van der Waals surface area contributed by atoms with Gasteiger partial charge in [0, 0.05) is 26.2 Å². The minimum atomic E-state index is -0.542. The first-order chi connectivity index (χ1) is 16.9. The van der Waals surface area contributed by atoms with Crippen molar-refractivity contribution in [2.45, 2.75) is 45.3 Å². The maximum Gasteiger partial charge on any atom is 0.290 e. The Bertz CT molecular complexity index is 1020. The molecule has 0 spiro atoms. The summed E-state index contributed by atoms with van der Waals surface area (Å²) in [5.41, 5.74) is 1.22. The number of amides is 1. The van der Waals surface area contributed by atoms with E-state index in [1.807, 2.05) is 0 Å². The summed E-state index contributed by atoms with van der Waals surface area (Å²) in [6, 6.07) is 4.51. The van der Waals surface area contributed by atoms with E-state index in [1.165, 1.54) is 7.11 Å². The van der Waals surface area contributed by atoms with Crippen molar-refractivity contribution < 1.29 is 28.9 Å². The maximum absolute atomic E-state index is 13.9. The van der Waals surface area contributed by atoms with Crippen molar-refractivity contribution in [1.29, 1.82) is 0 Å². The lowest BCUT2D eigenvalue weighted by molar-refractivity contribution is -0.137. The highest BCUT2D eigenvalue weighted by Gasteiger charge is 2.53. The number of phenolic OH excluding ortho intramolecular Hbond substituents is 1. The van der Waals surface area contributed by atoms with Gasteiger partial charge in [0.2, 0.25) is 0 Å². The van der Waals surface area contributed by atoms with E-state index in [4.69, 9.17) is 14.2 Å². The lowest BCUT2D eigenvalue weighted by Gasteiger charge is -2.40. The van der Waals surface area contributed by atoms with Crippen molar-refractivity contribution in [3.05, 3.63) is 35.1 Å². The molecule has 1 saturated heterocycles. The lowest BCUT2D eigenvalue weighted by Crippen LogP contribution is -2.43. The van der Waals surface area contributed by atoms with Crippen LogP contribution in [0.2, 0.25) is 0 Å². The van der Waals surface area contributed by atoms with Gasteiger partial charge in [0.25, 0.3) is 5.91 Å². The molecule has 0 radical (unpaired) electrons. The molecular weight excluding hydrogens is 448 g/mol. The molecule has 0 aromatic heterocycles. The molecule has 1 aromatic rings. The fourth-order valence-corrected chi connectivity index (χ4v) is 6.04. The molecule has 1 saturated carbocycles. The predicted molar refractivity (Wildman–Crippen MR) is 129 cm³/mol. The number of nitrogens with zero attached hydrogens (tertiary/aromatic N) is 2. The van der Waals surface area contributed by atoms with Crippen LogP contribution in [0.3, 0.4) is 0 Å². The highest BCUT2D eigenvalue weighted by Crippen LogP contribution is 2.49. The standard InChI is InChI=1S/C27H36N2O6/c1-16-13-19-21(14-17(16)2)35-26-23(25(19)31)24(18-5-6-20(30)22(15-18)33-3)29(27(26)32)8-4-7-28-9-11-34-12-10-28/h5-6,15-17,19,21,24,30H,4,7-14H2,1-3H3. The van der Waals surface area contributed by atoms with Crippen LogP contribution in [0.4, 0.5) is 0 Å². The van der Waals surface area contributed by atoms with E-state index in [0.717, 1.165) is 57.7 Å². The number of aromatic hydroxyl groups is 1. The van der Waals surface area contributed by atoms with Crippen LogP contribution in [0.25, 0.3) is 0 Å². The van der Waals surface area contributed by atoms with Gasteiger partial charge >= 0.3 is 0 Å². The van der Waals surface area contributed by atoms with Crippen molar-refractivity contribution in [3.63, 3.8) is 0 Å². The van der Waals surface area contributed by atoms with Crippen molar-refractivity contribution in [1.82, 2.24) is 9.80 Å². The zero-order valence-electron chi connectivity index (χ0n) is 20.9. The molecule has 35 heavy (non-hydrogen) atoms. The monoisotopic (exact) mass is 484 g/mol. The minimum Gasteiger partial charge on any atom is -0.504 e. The molecule has 3 aliphatic heterocycles. The van der Waals surface area contributed by atoms with Crippen molar-refractivity contribution in [2.75, 3.05) is 46.5 Å². The second-order valence-corrected chi connectivity index (χ2v) is 10.4. The summed E-state index contributed by atoms with van der Waals surface area (Å²) in [7, 11) is 1.49. The van der Waals surface area contributed by atoms with E-state index in [9.17, 15) is 14.7 Å². The van der Waals surface area contributed by atoms with Crippen LogP contribution in [0.1, 0.15) is 44.7 Å². The van der Waals surface area contributed by atoms with Crippen molar-refractivity contribution in [3.8, 4) is 11.5 Å². The van der Waals surface area contributed by atoms with E-state index in [0.29, 0.717) is 29.7 Å². The van der Waals surface area contributed by atoms with Crippen LogP contribution in [-0.2, 0) is 19.1 Å². The van der Waals surface area contributed by atoms with Crippen LogP contribution < -0.4 is 4.74 Å². The molecule has 190 valence electrons. The quantitative estimate of drug-likeness (QED) is 0.664. The lowest BCUT2D eigenvalue weighted by atomic mass is 9.70. The molecule has 1 amide bonds. The summed E-state index contributed by atoms with van der Waals surface area (Å²) in [5.74, 6) is 1.05. The smallest absolute Gasteiger partial charge is 0.290 e. The number of hydrogen-bond acceptors (Lipinski definition) is 7. The Hall–Kier alpha value is -2.58. The van der Waals surface area contributed by atoms with Gasteiger partial charge in [0.1, 0.15) is 6.10 Å². The molecule has 5 atom stereocenters. The van der Waals surface area contributed by atoms with Crippen LogP contribution in [0.15, 0.2) is 29.5 Å². The molecule has 8 heteroatoms. The molecular formula is C27H36N2O6. The number of rotatable bonds is 6. The molecule has 5 rings (SSSR count). The first-order valence-corrected chi connectivity index (χ1v) is 12.8. The number of fused-ring (bicyclic) bond motifs is 1. The van der Waals surface area contributed by atoms with Crippen molar-refractivity contribution >= 4 is 11.7 Å². The number of Topliss-reactive ketones (excluding diaryl/α,β-unsaturated/α-hetero) is 1. The Balaban J connectivity index is 1.46. The summed E-state index contributed by atoms with van der Waals surface area (Å²) < 4.78 is 17.1. The SMILES string of the molecule is COc1cc(C2C3=C(OC4CC(C)C(C)CC4C3=O)C(=O)N2CCCN2CCOCC2)ccc1O. The van der Waals surface area contributed by atoms with Gasteiger partial charge in [0.15, 0.2) is 23.0 Å². The molecule has 1 aliphatic carbocycles. The number of benzene rings is 1. The summed E-state index contributed by atoms with van der Waals surface area (Å²) >= 11 is 0.